The summed E-state index contributed by atoms with van der Waals surface area (Å²) in [5.41, 5.74) is 0.453. The highest BCUT2D eigenvalue weighted by Crippen LogP contribution is 2.15. The smallest absolute Gasteiger partial charge is 0.240 e. The minimum Gasteiger partial charge on any atom is -0.340 e. The first-order valence-electron chi connectivity index (χ1n) is 5.85. The number of amides is 1. The molecule has 0 saturated carbocycles. The van der Waals surface area contributed by atoms with Gasteiger partial charge in [0.1, 0.15) is 11.7 Å². The fourth-order valence-electron chi connectivity index (χ4n) is 1.69. The van der Waals surface area contributed by atoms with Gasteiger partial charge in [0.25, 0.3) is 0 Å². The Bertz CT molecular complexity index is 465. The van der Waals surface area contributed by atoms with E-state index in [1.807, 2.05) is 19.9 Å². The third-order valence-corrected chi connectivity index (χ3v) is 2.81. The number of nitriles is 1. The molecule has 0 fully saturated rings. The number of halogens is 1. The molecule has 0 saturated heterocycles. The maximum Gasteiger partial charge on any atom is 0.240 e. The van der Waals surface area contributed by atoms with Crippen molar-refractivity contribution in [3.63, 3.8) is 0 Å². The van der Waals surface area contributed by atoms with Gasteiger partial charge in [-0.1, -0.05) is 32.0 Å². The van der Waals surface area contributed by atoms with Crippen LogP contribution >= 0.6 is 0 Å². The standard InChI is InChI=1S/C14H17FN2O/c1-10(2)12(8-16)14(18)17(3)9-11-6-4-5-7-13(11)15/h4-7,10,12H,9H2,1-3H3. The Morgan fingerprint density at radius 1 is 1.44 bits per heavy atom. The summed E-state index contributed by atoms with van der Waals surface area (Å²) < 4.78 is 13.5. The Morgan fingerprint density at radius 2 is 2.06 bits per heavy atom. The summed E-state index contributed by atoms with van der Waals surface area (Å²) in [6.07, 6.45) is 0. The van der Waals surface area contributed by atoms with Crippen LogP contribution in [-0.4, -0.2) is 17.9 Å². The Kier molecular flexibility index (Phi) is 4.85. The average Bonchev–Trinajstić information content (AvgIpc) is 2.32. The van der Waals surface area contributed by atoms with Crippen molar-refractivity contribution >= 4 is 5.91 Å². The van der Waals surface area contributed by atoms with Crippen molar-refractivity contribution in [1.29, 1.82) is 5.26 Å². The van der Waals surface area contributed by atoms with E-state index in [1.54, 1.807) is 25.2 Å². The number of nitrogens with zero attached hydrogens (tertiary/aromatic N) is 2. The summed E-state index contributed by atoms with van der Waals surface area (Å²) in [6.45, 7) is 3.82. The second-order valence-corrected chi connectivity index (χ2v) is 4.64. The first-order chi connectivity index (χ1) is 8.47. The van der Waals surface area contributed by atoms with Crippen LogP contribution in [0.1, 0.15) is 19.4 Å². The van der Waals surface area contributed by atoms with E-state index in [0.29, 0.717) is 5.56 Å². The van der Waals surface area contributed by atoms with E-state index in [1.165, 1.54) is 11.0 Å². The van der Waals surface area contributed by atoms with E-state index in [4.69, 9.17) is 5.26 Å². The molecule has 0 aliphatic heterocycles. The van der Waals surface area contributed by atoms with Gasteiger partial charge >= 0.3 is 0 Å². The molecule has 1 atom stereocenters. The minimum atomic E-state index is -0.679. The molecule has 0 spiro atoms. The Hall–Kier alpha value is -1.89. The Labute approximate surface area is 107 Å². The van der Waals surface area contributed by atoms with Crippen molar-refractivity contribution in [2.24, 2.45) is 11.8 Å². The average molecular weight is 248 g/mol. The van der Waals surface area contributed by atoms with E-state index >= 15 is 0 Å². The summed E-state index contributed by atoms with van der Waals surface area (Å²) >= 11 is 0. The minimum absolute atomic E-state index is 0.0504. The maximum absolute atomic E-state index is 13.5. The zero-order valence-corrected chi connectivity index (χ0v) is 10.9. The van der Waals surface area contributed by atoms with E-state index in [2.05, 4.69) is 0 Å². The molecule has 1 aromatic carbocycles. The van der Waals surface area contributed by atoms with Crippen LogP contribution in [-0.2, 0) is 11.3 Å². The lowest BCUT2D eigenvalue weighted by Gasteiger charge is -2.22. The molecule has 4 heteroatoms. The summed E-state index contributed by atoms with van der Waals surface area (Å²) in [6, 6.07) is 8.32. The molecule has 0 heterocycles. The number of benzene rings is 1. The lowest BCUT2D eigenvalue weighted by molar-refractivity contribution is -0.134. The van der Waals surface area contributed by atoms with Crippen LogP contribution in [0.2, 0.25) is 0 Å². The van der Waals surface area contributed by atoms with Crippen molar-refractivity contribution in [3.05, 3.63) is 35.6 Å². The van der Waals surface area contributed by atoms with Crippen molar-refractivity contribution in [3.8, 4) is 6.07 Å². The molecule has 0 N–H and O–H groups in total. The highest BCUT2D eigenvalue weighted by molar-refractivity contribution is 5.81. The van der Waals surface area contributed by atoms with E-state index in [9.17, 15) is 9.18 Å². The third-order valence-electron chi connectivity index (χ3n) is 2.81. The third kappa shape index (κ3) is 3.30. The summed E-state index contributed by atoms with van der Waals surface area (Å²) in [4.78, 5) is 13.4. The molecular weight excluding hydrogens is 231 g/mol. The number of carbonyl (C=O) groups is 1. The first kappa shape index (κ1) is 14.2. The predicted octanol–water partition coefficient (Wildman–Crippen LogP) is 2.58. The van der Waals surface area contributed by atoms with Gasteiger partial charge in [-0.05, 0) is 12.0 Å². The molecule has 96 valence electrons. The quantitative estimate of drug-likeness (QED) is 0.822. The van der Waals surface area contributed by atoms with Gasteiger partial charge in [0.15, 0.2) is 0 Å². The van der Waals surface area contributed by atoms with Crippen LogP contribution in [0.5, 0.6) is 0 Å². The zero-order chi connectivity index (χ0) is 13.7. The zero-order valence-electron chi connectivity index (χ0n) is 10.9. The Balaban J connectivity index is 2.78. The molecule has 1 amide bonds. The van der Waals surface area contributed by atoms with Crippen LogP contribution in [0, 0.1) is 29.0 Å². The molecule has 1 rings (SSSR count). The molecule has 1 aromatic rings. The maximum atomic E-state index is 13.5. The highest BCUT2D eigenvalue weighted by atomic mass is 19.1. The van der Waals surface area contributed by atoms with Crippen LogP contribution in [0.25, 0.3) is 0 Å². The molecule has 0 radical (unpaired) electrons. The fourth-order valence-corrected chi connectivity index (χ4v) is 1.69. The van der Waals surface area contributed by atoms with Gasteiger partial charge < -0.3 is 4.90 Å². The van der Waals surface area contributed by atoms with Crippen LogP contribution in [0.4, 0.5) is 4.39 Å². The molecule has 18 heavy (non-hydrogen) atoms. The molecule has 0 aliphatic rings. The van der Waals surface area contributed by atoms with Gasteiger partial charge in [-0.15, -0.1) is 0 Å². The van der Waals surface area contributed by atoms with Crippen molar-refractivity contribution in [2.45, 2.75) is 20.4 Å². The molecule has 0 bridgehead atoms. The second kappa shape index (κ2) is 6.15. The van der Waals surface area contributed by atoms with Crippen LogP contribution in [0.3, 0.4) is 0 Å². The second-order valence-electron chi connectivity index (χ2n) is 4.64. The van der Waals surface area contributed by atoms with Crippen LogP contribution < -0.4 is 0 Å². The molecule has 3 nitrogen and oxygen atoms in total. The van der Waals surface area contributed by atoms with E-state index in [-0.39, 0.29) is 24.2 Å². The largest absolute Gasteiger partial charge is 0.340 e. The van der Waals surface area contributed by atoms with Gasteiger partial charge in [0.2, 0.25) is 5.91 Å². The van der Waals surface area contributed by atoms with Gasteiger partial charge in [-0.25, -0.2) is 4.39 Å². The lowest BCUT2D eigenvalue weighted by Crippen LogP contribution is -2.34. The highest BCUT2D eigenvalue weighted by Gasteiger charge is 2.25. The first-order valence-corrected chi connectivity index (χ1v) is 5.85. The predicted molar refractivity (Wildman–Crippen MR) is 66.8 cm³/mol. The van der Waals surface area contributed by atoms with Crippen molar-refractivity contribution < 1.29 is 9.18 Å². The van der Waals surface area contributed by atoms with Gasteiger partial charge in [0.05, 0.1) is 6.07 Å². The molecular formula is C14H17FN2O. The number of hydrogen-bond acceptors (Lipinski definition) is 2. The van der Waals surface area contributed by atoms with Gasteiger partial charge in [-0.2, -0.15) is 5.26 Å². The Morgan fingerprint density at radius 3 is 2.56 bits per heavy atom. The summed E-state index contributed by atoms with van der Waals surface area (Å²) in [7, 11) is 1.58. The van der Waals surface area contributed by atoms with E-state index in [0.717, 1.165) is 0 Å². The monoisotopic (exact) mass is 248 g/mol. The molecule has 1 unspecified atom stereocenters. The van der Waals surface area contributed by atoms with E-state index < -0.39 is 5.92 Å². The summed E-state index contributed by atoms with van der Waals surface area (Å²) in [5, 5.41) is 8.96. The number of rotatable bonds is 4. The summed E-state index contributed by atoms with van der Waals surface area (Å²) in [5.74, 6) is -1.33. The number of hydrogen-bond donors (Lipinski definition) is 0. The lowest BCUT2D eigenvalue weighted by atomic mass is 9.96. The molecule has 0 aromatic heterocycles. The normalized spacial score (nSPS) is 12.0. The van der Waals surface area contributed by atoms with Crippen LogP contribution in [0.15, 0.2) is 24.3 Å². The fraction of sp³-hybridized carbons (Fsp3) is 0.429. The molecule has 0 aliphatic carbocycles. The van der Waals surface area contributed by atoms with Gasteiger partial charge in [0, 0.05) is 19.2 Å². The van der Waals surface area contributed by atoms with Crippen molar-refractivity contribution in [1.82, 2.24) is 4.90 Å². The topological polar surface area (TPSA) is 44.1 Å². The number of carbonyl (C=O) groups excluding carboxylic acids is 1. The van der Waals surface area contributed by atoms with Crippen molar-refractivity contribution in [2.75, 3.05) is 7.05 Å². The van der Waals surface area contributed by atoms with Gasteiger partial charge in [-0.3, -0.25) is 4.79 Å². The SMILES string of the molecule is CC(C)C(C#N)C(=O)N(C)Cc1ccccc1F.